The molecule has 0 bridgehead atoms. The average molecular weight is 311 g/mol. The van der Waals surface area contributed by atoms with E-state index in [2.05, 4.69) is 10.2 Å². The Balaban J connectivity index is 1.67. The van der Waals surface area contributed by atoms with Crippen molar-refractivity contribution >= 4 is 5.69 Å². The van der Waals surface area contributed by atoms with Crippen molar-refractivity contribution in [2.24, 2.45) is 0 Å². The molecular formula is C16H13N3O4. The number of nitrogens with zero attached hydrogens (tertiary/aromatic N) is 3. The molecule has 1 heterocycles. The summed E-state index contributed by atoms with van der Waals surface area (Å²) in [6.07, 6.45) is 0. The maximum absolute atomic E-state index is 10.7. The first-order valence-electron chi connectivity index (χ1n) is 6.88. The van der Waals surface area contributed by atoms with Gasteiger partial charge >= 0.3 is 0 Å². The number of rotatable bonds is 5. The molecule has 0 saturated heterocycles. The van der Waals surface area contributed by atoms with Crippen LogP contribution in [0.15, 0.2) is 52.9 Å². The SMILES string of the molecule is Cc1nnc(-c2ccc(OCc3cccc([N+](=O)[O-])c3)cc2)o1. The van der Waals surface area contributed by atoms with E-state index in [9.17, 15) is 10.1 Å². The molecule has 7 heteroatoms. The lowest BCUT2D eigenvalue weighted by Gasteiger charge is -2.06. The summed E-state index contributed by atoms with van der Waals surface area (Å²) in [4.78, 5) is 10.3. The van der Waals surface area contributed by atoms with E-state index < -0.39 is 4.92 Å². The van der Waals surface area contributed by atoms with Crippen LogP contribution in [0.4, 0.5) is 5.69 Å². The highest BCUT2D eigenvalue weighted by Gasteiger charge is 2.07. The first-order valence-corrected chi connectivity index (χ1v) is 6.88. The molecule has 1 aromatic heterocycles. The number of nitro benzene ring substituents is 1. The highest BCUT2D eigenvalue weighted by Crippen LogP contribution is 2.22. The van der Waals surface area contributed by atoms with Crippen LogP contribution in [0.1, 0.15) is 11.5 Å². The Morgan fingerprint density at radius 2 is 1.96 bits per heavy atom. The van der Waals surface area contributed by atoms with Crippen molar-refractivity contribution in [1.82, 2.24) is 10.2 Å². The maximum atomic E-state index is 10.7. The Bertz CT molecular complexity index is 827. The van der Waals surface area contributed by atoms with Crippen LogP contribution >= 0.6 is 0 Å². The fraction of sp³-hybridized carbons (Fsp3) is 0.125. The lowest BCUT2D eigenvalue weighted by atomic mass is 10.2. The highest BCUT2D eigenvalue weighted by atomic mass is 16.6. The van der Waals surface area contributed by atoms with Gasteiger partial charge in [-0.1, -0.05) is 12.1 Å². The number of benzene rings is 2. The van der Waals surface area contributed by atoms with E-state index >= 15 is 0 Å². The highest BCUT2D eigenvalue weighted by molar-refractivity contribution is 5.53. The van der Waals surface area contributed by atoms with Crippen molar-refractivity contribution in [3.8, 4) is 17.2 Å². The van der Waals surface area contributed by atoms with Crippen molar-refractivity contribution in [3.63, 3.8) is 0 Å². The zero-order chi connectivity index (χ0) is 16.2. The molecule has 7 nitrogen and oxygen atoms in total. The minimum absolute atomic E-state index is 0.0493. The molecule has 0 aliphatic carbocycles. The minimum atomic E-state index is -0.426. The van der Waals surface area contributed by atoms with Gasteiger partial charge in [0.1, 0.15) is 12.4 Å². The number of non-ortho nitro benzene ring substituents is 1. The maximum Gasteiger partial charge on any atom is 0.269 e. The van der Waals surface area contributed by atoms with E-state index in [1.54, 1.807) is 31.2 Å². The van der Waals surface area contributed by atoms with Gasteiger partial charge in [0.2, 0.25) is 11.8 Å². The Hall–Kier alpha value is -3.22. The van der Waals surface area contributed by atoms with Gasteiger partial charge < -0.3 is 9.15 Å². The van der Waals surface area contributed by atoms with Crippen LogP contribution in [-0.4, -0.2) is 15.1 Å². The molecular weight excluding hydrogens is 298 g/mol. The molecule has 0 spiro atoms. The van der Waals surface area contributed by atoms with Crippen LogP contribution in [0, 0.1) is 17.0 Å². The summed E-state index contributed by atoms with van der Waals surface area (Å²) in [7, 11) is 0. The molecule has 3 aromatic rings. The third-order valence-corrected chi connectivity index (χ3v) is 3.15. The summed E-state index contributed by atoms with van der Waals surface area (Å²) < 4.78 is 11.0. The zero-order valence-corrected chi connectivity index (χ0v) is 12.3. The molecule has 0 unspecified atom stereocenters. The summed E-state index contributed by atoms with van der Waals surface area (Å²) in [5.41, 5.74) is 1.58. The number of ether oxygens (including phenoxy) is 1. The Labute approximate surface area is 131 Å². The molecule has 23 heavy (non-hydrogen) atoms. The molecule has 0 atom stereocenters. The van der Waals surface area contributed by atoms with Crippen molar-refractivity contribution in [2.45, 2.75) is 13.5 Å². The van der Waals surface area contributed by atoms with Crippen LogP contribution in [0.25, 0.3) is 11.5 Å². The molecule has 0 fully saturated rings. The predicted octanol–water partition coefficient (Wildman–Crippen LogP) is 3.53. The molecule has 0 radical (unpaired) electrons. The summed E-state index contributed by atoms with van der Waals surface area (Å²) in [6.45, 7) is 1.98. The Morgan fingerprint density at radius 3 is 2.61 bits per heavy atom. The zero-order valence-electron chi connectivity index (χ0n) is 12.3. The van der Waals surface area contributed by atoms with Crippen LogP contribution in [-0.2, 0) is 6.61 Å². The number of hydrogen-bond donors (Lipinski definition) is 0. The average Bonchev–Trinajstić information content (AvgIpc) is 3.00. The van der Waals surface area contributed by atoms with E-state index in [-0.39, 0.29) is 12.3 Å². The van der Waals surface area contributed by atoms with E-state index in [0.29, 0.717) is 17.5 Å². The number of hydrogen-bond acceptors (Lipinski definition) is 6. The second-order valence-corrected chi connectivity index (χ2v) is 4.87. The molecule has 0 amide bonds. The van der Waals surface area contributed by atoms with Gasteiger partial charge in [0.15, 0.2) is 0 Å². The smallest absolute Gasteiger partial charge is 0.269 e. The lowest BCUT2D eigenvalue weighted by molar-refractivity contribution is -0.384. The number of aryl methyl sites for hydroxylation is 1. The summed E-state index contributed by atoms with van der Waals surface area (Å²) in [5.74, 6) is 1.61. The van der Waals surface area contributed by atoms with Crippen LogP contribution < -0.4 is 4.74 Å². The third kappa shape index (κ3) is 3.52. The third-order valence-electron chi connectivity index (χ3n) is 3.15. The van der Waals surface area contributed by atoms with Crippen LogP contribution in [0.5, 0.6) is 5.75 Å². The van der Waals surface area contributed by atoms with Gasteiger partial charge in [0.25, 0.3) is 5.69 Å². The van der Waals surface area contributed by atoms with Crippen molar-refractivity contribution in [1.29, 1.82) is 0 Å². The quantitative estimate of drug-likeness (QED) is 0.528. The van der Waals surface area contributed by atoms with E-state index in [1.807, 2.05) is 12.1 Å². The van der Waals surface area contributed by atoms with Gasteiger partial charge in [-0.25, -0.2) is 0 Å². The van der Waals surface area contributed by atoms with Gasteiger partial charge in [0, 0.05) is 24.6 Å². The Kier molecular flexibility index (Phi) is 4.01. The fourth-order valence-electron chi connectivity index (χ4n) is 2.03. The Morgan fingerprint density at radius 1 is 1.17 bits per heavy atom. The first-order chi connectivity index (χ1) is 11.1. The van der Waals surface area contributed by atoms with Gasteiger partial charge in [0.05, 0.1) is 4.92 Å². The number of aromatic nitrogens is 2. The lowest BCUT2D eigenvalue weighted by Crippen LogP contribution is -1.96. The predicted molar refractivity (Wildman–Crippen MR) is 81.9 cm³/mol. The van der Waals surface area contributed by atoms with Crippen molar-refractivity contribution in [2.75, 3.05) is 0 Å². The second-order valence-electron chi connectivity index (χ2n) is 4.87. The van der Waals surface area contributed by atoms with Gasteiger partial charge in [-0.15, -0.1) is 10.2 Å². The van der Waals surface area contributed by atoms with E-state index in [4.69, 9.17) is 9.15 Å². The molecule has 116 valence electrons. The molecule has 0 saturated carbocycles. The second kappa shape index (κ2) is 6.27. The molecule has 3 rings (SSSR count). The van der Waals surface area contributed by atoms with E-state index in [0.717, 1.165) is 11.1 Å². The van der Waals surface area contributed by atoms with Crippen molar-refractivity contribution < 1.29 is 14.1 Å². The van der Waals surface area contributed by atoms with Crippen LogP contribution in [0.3, 0.4) is 0 Å². The summed E-state index contributed by atoms with van der Waals surface area (Å²) in [6, 6.07) is 13.6. The van der Waals surface area contributed by atoms with Gasteiger partial charge in [-0.3, -0.25) is 10.1 Å². The standard InChI is InChI=1S/C16H13N3O4/c1-11-17-18-16(23-11)13-5-7-15(8-6-13)22-10-12-3-2-4-14(9-12)19(20)21/h2-9H,10H2,1H3. The minimum Gasteiger partial charge on any atom is -0.489 e. The normalized spacial score (nSPS) is 10.5. The molecule has 0 aliphatic rings. The molecule has 0 N–H and O–H groups in total. The van der Waals surface area contributed by atoms with Crippen LogP contribution in [0.2, 0.25) is 0 Å². The topological polar surface area (TPSA) is 91.3 Å². The molecule has 2 aromatic carbocycles. The fourth-order valence-corrected chi connectivity index (χ4v) is 2.03. The summed E-state index contributed by atoms with van der Waals surface area (Å²) >= 11 is 0. The summed E-state index contributed by atoms with van der Waals surface area (Å²) in [5, 5.41) is 18.5. The van der Waals surface area contributed by atoms with Gasteiger partial charge in [-0.05, 0) is 29.8 Å². The van der Waals surface area contributed by atoms with Crippen molar-refractivity contribution in [3.05, 3.63) is 70.1 Å². The van der Waals surface area contributed by atoms with Gasteiger partial charge in [-0.2, -0.15) is 0 Å². The first kappa shape index (κ1) is 14.7. The number of nitro groups is 1. The largest absolute Gasteiger partial charge is 0.489 e. The monoisotopic (exact) mass is 311 g/mol. The van der Waals surface area contributed by atoms with E-state index in [1.165, 1.54) is 12.1 Å². The molecule has 0 aliphatic heterocycles.